The van der Waals surface area contributed by atoms with Gasteiger partial charge in [-0.15, -0.1) is 5.10 Å². The first kappa shape index (κ1) is 30.1. The van der Waals surface area contributed by atoms with Crippen LogP contribution in [0.3, 0.4) is 0 Å². The lowest BCUT2D eigenvalue weighted by Crippen LogP contribution is -2.04. The van der Waals surface area contributed by atoms with Gasteiger partial charge in [-0.05, 0) is 54.6 Å². The van der Waals surface area contributed by atoms with Crippen LogP contribution in [0.2, 0.25) is 0 Å². The quantitative estimate of drug-likeness (QED) is 0.170. The third kappa shape index (κ3) is 4.66. The number of rotatable bonds is 5. The molecule has 0 saturated carbocycles. The lowest BCUT2D eigenvalue weighted by molar-refractivity contribution is 0.810. The second-order valence-electron chi connectivity index (χ2n) is 13.0. The van der Waals surface area contributed by atoms with Gasteiger partial charge < -0.3 is 9.13 Å². The number of aromatic nitrogens is 5. The molecule has 0 bridgehead atoms. The minimum Gasteiger partial charge on any atom is -0.309 e. The van der Waals surface area contributed by atoms with Crippen LogP contribution in [0.25, 0.3) is 88.0 Å². The van der Waals surface area contributed by atoms with Gasteiger partial charge >= 0.3 is 0 Å². The van der Waals surface area contributed by atoms with Gasteiger partial charge in [-0.3, -0.25) is 0 Å². The van der Waals surface area contributed by atoms with Gasteiger partial charge in [-0.2, -0.15) is 5.26 Å². The minimum atomic E-state index is 0.554. The molecule has 0 fully saturated rings. The van der Waals surface area contributed by atoms with Crippen molar-refractivity contribution in [1.29, 1.82) is 5.26 Å². The van der Waals surface area contributed by atoms with Crippen molar-refractivity contribution >= 4 is 49.3 Å². The monoisotopic (exact) mass is 677 g/mol. The van der Waals surface area contributed by atoms with E-state index in [9.17, 15) is 5.26 Å². The summed E-state index contributed by atoms with van der Waals surface area (Å²) >= 11 is 0. The van der Waals surface area contributed by atoms with Gasteiger partial charge in [0, 0.05) is 44.0 Å². The summed E-state index contributed by atoms with van der Waals surface area (Å²) in [6, 6.07) is 57.8. The second kappa shape index (κ2) is 11.9. The third-order valence-corrected chi connectivity index (χ3v) is 10.1. The number of para-hydroxylation sites is 4. The van der Waals surface area contributed by atoms with Gasteiger partial charge in [0.15, 0.2) is 5.69 Å². The van der Waals surface area contributed by atoms with Gasteiger partial charge in [0.1, 0.15) is 11.4 Å². The Morgan fingerprint density at radius 2 is 1.09 bits per heavy atom. The maximum atomic E-state index is 9.58. The van der Waals surface area contributed by atoms with E-state index in [0.29, 0.717) is 16.9 Å². The van der Waals surface area contributed by atoms with E-state index < -0.39 is 0 Å². The van der Waals surface area contributed by atoms with Crippen LogP contribution >= 0.6 is 0 Å². The van der Waals surface area contributed by atoms with Crippen LogP contribution in [0.15, 0.2) is 164 Å². The highest BCUT2D eigenvalue weighted by atomic mass is 15.4. The lowest BCUT2D eigenvalue weighted by Gasteiger charge is -2.15. The Labute approximate surface area is 304 Å². The van der Waals surface area contributed by atoms with E-state index in [-0.39, 0.29) is 0 Å². The molecule has 3 aromatic heterocycles. The van der Waals surface area contributed by atoms with Gasteiger partial charge in [-0.25, -0.2) is 9.53 Å². The van der Waals surface area contributed by atoms with Crippen molar-refractivity contribution < 1.29 is 0 Å². The molecule has 0 aliphatic rings. The summed E-state index contributed by atoms with van der Waals surface area (Å²) in [5.41, 5.74) is 11.6. The van der Waals surface area contributed by atoms with Crippen LogP contribution in [0.4, 0.5) is 5.69 Å². The number of fused-ring (bicyclic) bond motifs is 6. The molecule has 10 rings (SSSR count). The number of nitrogens with zero attached hydrogens (tertiary/aromatic N) is 7. The van der Waals surface area contributed by atoms with Crippen LogP contribution in [0.5, 0.6) is 0 Å². The summed E-state index contributed by atoms with van der Waals surface area (Å²) < 4.78 is 6.58. The second-order valence-corrected chi connectivity index (χ2v) is 13.0. The van der Waals surface area contributed by atoms with Gasteiger partial charge in [0.05, 0.1) is 46.0 Å². The minimum absolute atomic E-state index is 0.554. The molecule has 53 heavy (non-hydrogen) atoms. The first-order valence-electron chi connectivity index (χ1n) is 17.3. The Morgan fingerprint density at radius 3 is 1.74 bits per heavy atom. The molecule has 0 aliphatic heterocycles. The molecule has 0 N–H and O–H groups in total. The molecule has 246 valence electrons. The molecular formula is C46H27N7. The lowest BCUT2D eigenvalue weighted by atomic mass is 10.0. The average Bonchev–Trinajstić information content (AvgIpc) is 3.92. The molecule has 7 nitrogen and oxygen atoms in total. The highest BCUT2D eigenvalue weighted by Crippen LogP contribution is 2.40. The number of benzene rings is 7. The Balaban J connectivity index is 1.25. The molecule has 10 aromatic rings. The molecule has 0 aliphatic carbocycles. The highest BCUT2D eigenvalue weighted by molar-refractivity contribution is 6.12. The summed E-state index contributed by atoms with van der Waals surface area (Å²) in [4.78, 5) is 3.58. The Kier molecular flexibility index (Phi) is 6.79. The zero-order chi connectivity index (χ0) is 35.5. The van der Waals surface area contributed by atoms with E-state index in [4.69, 9.17) is 16.9 Å². The van der Waals surface area contributed by atoms with Gasteiger partial charge in [0.25, 0.3) is 0 Å². The summed E-state index contributed by atoms with van der Waals surface area (Å²) in [6.07, 6.45) is 0. The van der Waals surface area contributed by atoms with E-state index in [1.54, 1.807) is 12.1 Å². The Hall–Kier alpha value is -7.74. The molecule has 0 radical (unpaired) electrons. The van der Waals surface area contributed by atoms with Crippen molar-refractivity contribution in [2.75, 3.05) is 0 Å². The van der Waals surface area contributed by atoms with E-state index in [2.05, 4.69) is 135 Å². The van der Waals surface area contributed by atoms with Crippen molar-refractivity contribution in [2.24, 2.45) is 0 Å². The van der Waals surface area contributed by atoms with Crippen LogP contribution in [0.1, 0.15) is 5.56 Å². The largest absolute Gasteiger partial charge is 0.309 e. The van der Waals surface area contributed by atoms with Crippen molar-refractivity contribution in [3.8, 4) is 45.6 Å². The first-order chi connectivity index (χ1) is 26.2. The molecule has 0 atom stereocenters. The summed E-state index contributed by atoms with van der Waals surface area (Å²) in [5.74, 6) is 0. The number of hydrogen-bond acceptors (Lipinski definition) is 3. The van der Waals surface area contributed by atoms with E-state index in [0.717, 1.165) is 66.7 Å². The molecule has 3 heterocycles. The Morgan fingerprint density at radius 1 is 0.547 bits per heavy atom. The SMILES string of the molecule is [C-]#[N+]c1ccc(-c2nnn(-c3cccc4c5ccccc5n(-c5cccc(-n6c7ccccc7c7ccccc76)c5)c34)c2-c2ccc(C#N)cc2)cc1. The van der Waals surface area contributed by atoms with Crippen molar-refractivity contribution in [1.82, 2.24) is 24.1 Å². The molecule has 7 heteroatoms. The van der Waals surface area contributed by atoms with E-state index in [1.807, 2.05) is 41.1 Å². The fourth-order valence-electron chi connectivity index (χ4n) is 7.71. The maximum Gasteiger partial charge on any atom is 0.187 e. The van der Waals surface area contributed by atoms with Crippen LogP contribution in [-0.2, 0) is 0 Å². The van der Waals surface area contributed by atoms with Crippen molar-refractivity contribution in [2.45, 2.75) is 0 Å². The number of nitriles is 1. The predicted octanol–water partition coefficient (Wildman–Crippen LogP) is 11.2. The zero-order valence-electron chi connectivity index (χ0n) is 28.2. The summed E-state index contributed by atoms with van der Waals surface area (Å²) in [7, 11) is 0. The average molecular weight is 678 g/mol. The molecular weight excluding hydrogens is 651 g/mol. The molecule has 0 unspecified atom stereocenters. The summed E-state index contributed by atoms with van der Waals surface area (Å²) in [5, 5.41) is 23.8. The van der Waals surface area contributed by atoms with Crippen LogP contribution in [-0.4, -0.2) is 24.1 Å². The standard InChI is InChI=1S/C46H27N7/c1-48-33-26-24-31(25-27-33)44-45(32-22-20-30(29-47)21-23-32)53(50-49-44)43-19-9-15-39-38-14-4-7-18-42(38)52(46(39)43)35-11-8-10-34(28-35)51-40-16-5-2-12-36(40)37-13-3-6-17-41(37)51/h2-28H. The van der Waals surface area contributed by atoms with Crippen molar-refractivity contribution in [3.63, 3.8) is 0 Å². The molecule has 0 saturated heterocycles. The normalized spacial score (nSPS) is 11.4. The first-order valence-corrected chi connectivity index (χ1v) is 17.3. The Bertz CT molecular complexity index is 3070. The van der Waals surface area contributed by atoms with Gasteiger partial charge in [-0.1, -0.05) is 114 Å². The third-order valence-electron chi connectivity index (χ3n) is 10.1. The van der Waals surface area contributed by atoms with Crippen LogP contribution < -0.4 is 0 Å². The highest BCUT2D eigenvalue weighted by Gasteiger charge is 2.23. The fraction of sp³-hybridized carbons (Fsp3) is 0. The fourth-order valence-corrected chi connectivity index (χ4v) is 7.71. The predicted molar refractivity (Wildman–Crippen MR) is 212 cm³/mol. The smallest absolute Gasteiger partial charge is 0.187 e. The summed E-state index contributed by atoms with van der Waals surface area (Å²) in [6.45, 7) is 7.45. The van der Waals surface area contributed by atoms with Crippen molar-refractivity contribution in [3.05, 3.63) is 181 Å². The molecule has 7 aromatic carbocycles. The topological polar surface area (TPSA) is 68.7 Å². The van der Waals surface area contributed by atoms with E-state index in [1.165, 1.54) is 10.8 Å². The van der Waals surface area contributed by atoms with Crippen LogP contribution in [0, 0.1) is 17.9 Å². The zero-order valence-corrected chi connectivity index (χ0v) is 28.2. The number of hydrogen-bond donors (Lipinski definition) is 0. The van der Waals surface area contributed by atoms with Gasteiger partial charge in [0.2, 0.25) is 0 Å². The molecule has 0 spiro atoms. The maximum absolute atomic E-state index is 9.58. The molecule has 0 amide bonds. The van der Waals surface area contributed by atoms with E-state index >= 15 is 0 Å².